The minimum absolute atomic E-state index is 0.0257. The molecule has 7 heteroatoms. The molecule has 1 saturated carbocycles. The van der Waals surface area contributed by atoms with Gasteiger partial charge in [-0.25, -0.2) is 4.98 Å². The lowest BCUT2D eigenvalue weighted by molar-refractivity contribution is -0.117. The molecule has 1 aromatic carbocycles. The summed E-state index contributed by atoms with van der Waals surface area (Å²) in [5, 5.41) is 9.60. The molecule has 0 radical (unpaired) electrons. The summed E-state index contributed by atoms with van der Waals surface area (Å²) in [6.07, 6.45) is 5.69. The molecule has 3 fully saturated rings. The molecule has 1 atom stereocenters. The van der Waals surface area contributed by atoms with E-state index in [0.717, 1.165) is 30.2 Å². The van der Waals surface area contributed by atoms with Crippen LogP contribution in [0.3, 0.4) is 0 Å². The summed E-state index contributed by atoms with van der Waals surface area (Å²) >= 11 is 0. The van der Waals surface area contributed by atoms with Crippen molar-refractivity contribution in [2.75, 3.05) is 42.6 Å². The van der Waals surface area contributed by atoms with Crippen molar-refractivity contribution in [1.29, 1.82) is 0 Å². The van der Waals surface area contributed by atoms with Crippen LogP contribution in [-0.4, -0.2) is 65.6 Å². The van der Waals surface area contributed by atoms with Crippen molar-refractivity contribution in [1.82, 2.24) is 9.88 Å². The molecule has 2 amide bonds. The number of benzene rings is 1. The molecule has 33 heavy (non-hydrogen) atoms. The fourth-order valence-corrected chi connectivity index (χ4v) is 5.16. The number of aliphatic hydroxyl groups is 1. The van der Waals surface area contributed by atoms with Crippen LogP contribution in [0.25, 0.3) is 0 Å². The average Bonchev–Trinajstić information content (AvgIpc) is 3.60. The second-order valence-electron chi connectivity index (χ2n) is 9.60. The van der Waals surface area contributed by atoms with Crippen LogP contribution in [-0.2, 0) is 4.79 Å². The zero-order valence-corrected chi connectivity index (χ0v) is 19.5. The van der Waals surface area contributed by atoms with E-state index in [1.54, 1.807) is 4.90 Å². The first kappa shape index (κ1) is 21.9. The van der Waals surface area contributed by atoms with E-state index in [1.165, 1.54) is 24.0 Å². The lowest BCUT2D eigenvalue weighted by Crippen LogP contribution is -2.49. The van der Waals surface area contributed by atoms with E-state index >= 15 is 0 Å². The number of nitrogens with zero attached hydrogens (tertiary/aromatic N) is 4. The number of anilines is 2. The van der Waals surface area contributed by atoms with Crippen molar-refractivity contribution in [2.45, 2.75) is 51.5 Å². The predicted molar refractivity (Wildman–Crippen MR) is 128 cm³/mol. The summed E-state index contributed by atoms with van der Waals surface area (Å²) < 4.78 is 0. The molecule has 1 aromatic heterocycles. The quantitative estimate of drug-likeness (QED) is 0.761. The Bertz CT molecular complexity index is 1070. The third kappa shape index (κ3) is 4.22. The van der Waals surface area contributed by atoms with Crippen molar-refractivity contribution in [3.8, 4) is 0 Å². The van der Waals surface area contributed by atoms with Gasteiger partial charge in [0.05, 0.1) is 12.6 Å². The number of amides is 2. The van der Waals surface area contributed by atoms with Crippen LogP contribution in [0, 0.1) is 13.8 Å². The minimum atomic E-state index is -0.179. The maximum absolute atomic E-state index is 13.2. The number of rotatable bonds is 5. The van der Waals surface area contributed by atoms with E-state index in [9.17, 15) is 14.7 Å². The van der Waals surface area contributed by atoms with Gasteiger partial charge in [-0.15, -0.1) is 0 Å². The van der Waals surface area contributed by atoms with Crippen molar-refractivity contribution in [3.63, 3.8) is 0 Å². The van der Waals surface area contributed by atoms with E-state index in [0.29, 0.717) is 37.4 Å². The topological polar surface area (TPSA) is 77.0 Å². The molecule has 0 bridgehead atoms. The van der Waals surface area contributed by atoms with Gasteiger partial charge in [-0.3, -0.25) is 9.59 Å². The molecule has 2 aromatic rings. The summed E-state index contributed by atoms with van der Waals surface area (Å²) in [4.78, 5) is 36.1. The predicted octanol–water partition coefficient (Wildman–Crippen LogP) is 3.03. The maximum atomic E-state index is 13.2. The Hall–Kier alpha value is -2.93. The molecule has 2 aliphatic heterocycles. The second kappa shape index (κ2) is 8.78. The maximum Gasteiger partial charge on any atom is 0.254 e. The second-order valence-corrected chi connectivity index (χ2v) is 9.60. The number of carbonyl (C=O) groups excluding carboxylic acids is 2. The van der Waals surface area contributed by atoms with Gasteiger partial charge < -0.3 is 19.8 Å². The monoisotopic (exact) mass is 448 g/mol. The van der Waals surface area contributed by atoms with Gasteiger partial charge in [-0.1, -0.05) is 6.07 Å². The molecule has 0 spiro atoms. The first-order valence-corrected chi connectivity index (χ1v) is 12.0. The molecule has 5 rings (SSSR count). The Morgan fingerprint density at radius 2 is 1.82 bits per heavy atom. The van der Waals surface area contributed by atoms with Gasteiger partial charge in [0.15, 0.2) is 0 Å². The zero-order valence-electron chi connectivity index (χ0n) is 19.5. The SMILES string of the molecule is Cc1cc(N2C(=O)CC[C@H]2CO)ccc1C(=O)N1CCN(c2ncc(C3CC3)cc2C)CC1. The third-order valence-corrected chi connectivity index (χ3v) is 7.24. The van der Waals surface area contributed by atoms with E-state index in [4.69, 9.17) is 4.98 Å². The number of hydrogen-bond donors (Lipinski definition) is 1. The first-order chi connectivity index (χ1) is 16.0. The van der Waals surface area contributed by atoms with Crippen LogP contribution < -0.4 is 9.80 Å². The van der Waals surface area contributed by atoms with Crippen LogP contribution in [0.1, 0.15) is 58.6 Å². The third-order valence-electron chi connectivity index (χ3n) is 7.24. The van der Waals surface area contributed by atoms with Crippen molar-refractivity contribution in [2.24, 2.45) is 0 Å². The van der Waals surface area contributed by atoms with E-state index in [2.05, 4.69) is 17.9 Å². The van der Waals surface area contributed by atoms with Gasteiger partial charge in [0.1, 0.15) is 5.82 Å². The Morgan fingerprint density at radius 3 is 2.45 bits per heavy atom. The summed E-state index contributed by atoms with van der Waals surface area (Å²) in [6, 6.07) is 7.64. The van der Waals surface area contributed by atoms with Gasteiger partial charge in [-0.2, -0.15) is 0 Å². The van der Waals surface area contributed by atoms with E-state index in [1.807, 2.05) is 36.2 Å². The molecule has 3 aliphatic rings. The normalized spacial score (nSPS) is 21.1. The number of hydrogen-bond acceptors (Lipinski definition) is 5. The molecule has 1 N–H and O–H groups in total. The number of aromatic nitrogens is 1. The number of carbonyl (C=O) groups is 2. The number of aliphatic hydroxyl groups excluding tert-OH is 1. The summed E-state index contributed by atoms with van der Waals surface area (Å²) in [5.74, 6) is 1.78. The standard InChI is InChI=1S/C26H32N4O3/c1-17-14-21(30-22(16-31)6-8-24(30)32)5-7-23(17)26(33)29-11-9-28(10-12-29)25-18(2)13-20(15-27-25)19-3-4-19/h5,7,13-15,19,22,31H,3-4,6,8-12,16H2,1-2H3/t22-/m0/s1. The highest BCUT2D eigenvalue weighted by molar-refractivity contribution is 5.99. The van der Waals surface area contributed by atoms with Gasteiger partial charge in [0.2, 0.25) is 5.91 Å². The lowest BCUT2D eigenvalue weighted by Gasteiger charge is -2.36. The molecule has 3 heterocycles. The average molecular weight is 449 g/mol. The molecule has 7 nitrogen and oxygen atoms in total. The van der Waals surface area contributed by atoms with Crippen molar-refractivity contribution in [3.05, 3.63) is 52.7 Å². The largest absolute Gasteiger partial charge is 0.394 e. The van der Waals surface area contributed by atoms with Gasteiger partial charge in [0, 0.05) is 50.0 Å². The van der Waals surface area contributed by atoms with Crippen LogP contribution in [0.2, 0.25) is 0 Å². The van der Waals surface area contributed by atoms with Crippen LogP contribution in [0.4, 0.5) is 11.5 Å². The highest BCUT2D eigenvalue weighted by Gasteiger charge is 2.32. The fourth-order valence-electron chi connectivity index (χ4n) is 5.16. The van der Waals surface area contributed by atoms with Gasteiger partial charge in [0.25, 0.3) is 5.91 Å². The molecular weight excluding hydrogens is 416 g/mol. The fraction of sp³-hybridized carbons (Fsp3) is 0.500. The highest BCUT2D eigenvalue weighted by atomic mass is 16.3. The Labute approximate surface area is 195 Å². The smallest absolute Gasteiger partial charge is 0.254 e. The van der Waals surface area contributed by atoms with Crippen molar-refractivity contribution < 1.29 is 14.7 Å². The van der Waals surface area contributed by atoms with Crippen molar-refractivity contribution >= 4 is 23.3 Å². The van der Waals surface area contributed by atoms with Gasteiger partial charge >= 0.3 is 0 Å². The molecule has 174 valence electrons. The minimum Gasteiger partial charge on any atom is -0.394 e. The molecular formula is C26H32N4O3. The van der Waals surface area contributed by atoms with E-state index in [-0.39, 0.29) is 24.5 Å². The summed E-state index contributed by atoms with van der Waals surface area (Å²) in [6.45, 7) is 6.83. The van der Waals surface area contributed by atoms with Crippen LogP contribution >= 0.6 is 0 Å². The summed E-state index contributed by atoms with van der Waals surface area (Å²) in [7, 11) is 0. The number of pyridine rings is 1. The van der Waals surface area contributed by atoms with Gasteiger partial charge in [-0.05, 0) is 73.9 Å². The Kier molecular flexibility index (Phi) is 5.83. The summed E-state index contributed by atoms with van der Waals surface area (Å²) in [5.41, 5.74) is 4.84. The zero-order chi connectivity index (χ0) is 23.1. The number of piperazine rings is 1. The molecule has 2 saturated heterocycles. The van der Waals surface area contributed by atoms with Crippen LogP contribution in [0.5, 0.6) is 0 Å². The Morgan fingerprint density at radius 1 is 1.06 bits per heavy atom. The van der Waals surface area contributed by atoms with Crippen LogP contribution in [0.15, 0.2) is 30.5 Å². The Balaban J connectivity index is 1.25. The molecule has 0 unspecified atom stereocenters. The lowest BCUT2D eigenvalue weighted by atomic mass is 10.0. The molecule has 1 aliphatic carbocycles. The van der Waals surface area contributed by atoms with E-state index < -0.39 is 0 Å². The number of aryl methyl sites for hydroxylation is 2. The highest BCUT2D eigenvalue weighted by Crippen LogP contribution is 2.40. The first-order valence-electron chi connectivity index (χ1n) is 12.0.